The van der Waals surface area contributed by atoms with E-state index in [-0.39, 0.29) is 29.5 Å². The third kappa shape index (κ3) is 3.33. The minimum absolute atomic E-state index is 0.0615. The summed E-state index contributed by atoms with van der Waals surface area (Å²) < 4.78 is 23.2. The van der Waals surface area contributed by atoms with E-state index in [9.17, 15) is 18.0 Å². The number of fused-ring (bicyclic) bond motifs is 1. The monoisotopic (exact) mass is 349 g/mol. The van der Waals surface area contributed by atoms with Crippen molar-refractivity contribution in [3.05, 3.63) is 40.4 Å². The van der Waals surface area contributed by atoms with Crippen LogP contribution in [0.3, 0.4) is 0 Å². The summed E-state index contributed by atoms with van der Waals surface area (Å²) in [5.74, 6) is -0.331. The van der Waals surface area contributed by atoms with Crippen LogP contribution in [0.5, 0.6) is 0 Å². The highest BCUT2D eigenvalue weighted by Gasteiger charge is 2.35. The molecule has 1 aromatic heterocycles. The van der Waals surface area contributed by atoms with E-state index in [1.54, 1.807) is 29.2 Å². The number of carbonyl (C=O) groups is 1. The minimum Gasteiger partial charge on any atom is -0.335 e. The Morgan fingerprint density at radius 1 is 1.38 bits per heavy atom. The van der Waals surface area contributed by atoms with E-state index in [4.69, 9.17) is 0 Å². The Balaban J connectivity index is 1.83. The molecule has 24 heavy (non-hydrogen) atoms. The maximum atomic E-state index is 12.6. The number of amides is 1. The first kappa shape index (κ1) is 16.6. The molecule has 0 bridgehead atoms. The Bertz CT molecular complexity index is 936. The Labute approximate surface area is 139 Å². The number of H-pyrrole nitrogens is 1. The zero-order chi connectivity index (χ0) is 17.3. The fourth-order valence-electron chi connectivity index (χ4n) is 2.98. The van der Waals surface area contributed by atoms with Gasteiger partial charge in [-0.3, -0.25) is 9.59 Å². The fraction of sp³-hybridized carbons (Fsp3) is 0.438. The first-order chi connectivity index (χ1) is 11.4. The number of rotatable bonds is 4. The Morgan fingerprint density at radius 3 is 2.79 bits per heavy atom. The zero-order valence-electron chi connectivity index (χ0n) is 13.4. The van der Waals surface area contributed by atoms with Crippen LogP contribution in [0.15, 0.2) is 29.1 Å². The standard InChI is InChI=1S/C16H19N3O4S/c1-2-19(16(21)11-7-8-24(22,23)10-11)9-14-17-13-6-4-3-5-12(13)15(20)18-14/h3-6,11H,2,7-10H2,1H3,(H,17,18,20). The zero-order valence-corrected chi connectivity index (χ0v) is 14.2. The minimum atomic E-state index is -3.11. The van der Waals surface area contributed by atoms with E-state index >= 15 is 0 Å². The van der Waals surface area contributed by atoms with Crippen LogP contribution >= 0.6 is 0 Å². The molecule has 0 radical (unpaired) electrons. The predicted octanol–water partition coefficient (Wildman–Crippen LogP) is 0.706. The quantitative estimate of drug-likeness (QED) is 0.876. The molecule has 8 heteroatoms. The molecule has 1 atom stereocenters. The van der Waals surface area contributed by atoms with E-state index in [1.807, 2.05) is 6.92 Å². The normalized spacial score (nSPS) is 19.5. The summed E-state index contributed by atoms with van der Waals surface area (Å²) in [6.07, 6.45) is 0.360. The molecule has 2 heterocycles. The highest BCUT2D eigenvalue weighted by atomic mass is 32.2. The van der Waals surface area contributed by atoms with Crippen LogP contribution in [0.25, 0.3) is 10.9 Å². The average molecular weight is 349 g/mol. The van der Waals surface area contributed by atoms with Crippen molar-refractivity contribution >= 4 is 26.6 Å². The van der Waals surface area contributed by atoms with E-state index in [0.29, 0.717) is 29.7 Å². The van der Waals surface area contributed by atoms with Crippen molar-refractivity contribution in [2.24, 2.45) is 5.92 Å². The molecule has 0 aliphatic carbocycles. The molecule has 1 aliphatic heterocycles. The molecule has 3 rings (SSSR count). The number of carbonyl (C=O) groups excluding carboxylic acids is 1. The first-order valence-corrected chi connectivity index (χ1v) is 9.69. The molecule has 0 saturated carbocycles. The van der Waals surface area contributed by atoms with Gasteiger partial charge in [-0.05, 0) is 25.5 Å². The number of para-hydroxylation sites is 1. The summed E-state index contributed by atoms with van der Waals surface area (Å²) in [5, 5.41) is 0.498. The topological polar surface area (TPSA) is 100 Å². The third-order valence-electron chi connectivity index (χ3n) is 4.28. The largest absolute Gasteiger partial charge is 0.335 e. The molecule has 1 amide bonds. The number of nitrogens with one attached hydrogen (secondary N) is 1. The molecule has 0 spiro atoms. The number of hydrogen-bond donors (Lipinski definition) is 1. The highest BCUT2D eigenvalue weighted by molar-refractivity contribution is 7.91. The molecule has 128 valence electrons. The maximum absolute atomic E-state index is 12.6. The lowest BCUT2D eigenvalue weighted by molar-refractivity contribution is -0.135. The maximum Gasteiger partial charge on any atom is 0.258 e. The third-order valence-corrected chi connectivity index (χ3v) is 6.05. The van der Waals surface area contributed by atoms with Gasteiger partial charge in [0.1, 0.15) is 5.82 Å². The van der Waals surface area contributed by atoms with Gasteiger partial charge in [-0.15, -0.1) is 0 Å². The van der Waals surface area contributed by atoms with E-state index in [1.165, 1.54) is 0 Å². The van der Waals surface area contributed by atoms with Crippen LogP contribution in [-0.4, -0.2) is 47.2 Å². The van der Waals surface area contributed by atoms with Crippen LogP contribution < -0.4 is 5.56 Å². The summed E-state index contributed by atoms with van der Waals surface area (Å²) in [5.41, 5.74) is 0.325. The Morgan fingerprint density at radius 2 is 2.12 bits per heavy atom. The number of aromatic nitrogens is 2. The molecule has 1 aliphatic rings. The van der Waals surface area contributed by atoms with Gasteiger partial charge in [0.25, 0.3) is 5.56 Å². The lowest BCUT2D eigenvalue weighted by Crippen LogP contribution is -2.37. The number of benzene rings is 1. The Kier molecular flexibility index (Phi) is 4.40. The van der Waals surface area contributed by atoms with Gasteiger partial charge in [0.05, 0.1) is 34.9 Å². The van der Waals surface area contributed by atoms with Gasteiger partial charge in [0, 0.05) is 6.54 Å². The van der Waals surface area contributed by atoms with Crippen molar-refractivity contribution < 1.29 is 13.2 Å². The second-order valence-corrected chi connectivity index (χ2v) is 8.21. The molecule has 1 N–H and O–H groups in total. The number of aromatic amines is 1. The van der Waals surface area contributed by atoms with Gasteiger partial charge < -0.3 is 9.88 Å². The first-order valence-electron chi connectivity index (χ1n) is 7.87. The highest BCUT2D eigenvalue weighted by Crippen LogP contribution is 2.21. The molecule has 1 unspecified atom stereocenters. The van der Waals surface area contributed by atoms with Gasteiger partial charge in [0.15, 0.2) is 9.84 Å². The van der Waals surface area contributed by atoms with Crippen molar-refractivity contribution in [2.75, 3.05) is 18.1 Å². The van der Waals surface area contributed by atoms with E-state index in [2.05, 4.69) is 9.97 Å². The summed E-state index contributed by atoms with van der Waals surface area (Å²) >= 11 is 0. The van der Waals surface area contributed by atoms with Crippen molar-refractivity contribution in [3.8, 4) is 0 Å². The Hall–Kier alpha value is -2.22. The van der Waals surface area contributed by atoms with Gasteiger partial charge in [-0.25, -0.2) is 13.4 Å². The predicted molar refractivity (Wildman–Crippen MR) is 90.2 cm³/mol. The number of nitrogens with zero attached hydrogens (tertiary/aromatic N) is 2. The molecule has 7 nitrogen and oxygen atoms in total. The second-order valence-electron chi connectivity index (χ2n) is 5.98. The fourth-order valence-corrected chi connectivity index (χ4v) is 4.72. The van der Waals surface area contributed by atoms with Gasteiger partial charge in [-0.2, -0.15) is 0 Å². The summed E-state index contributed by atoms with van der Waals surface area (Å²) in [6, 6.07) is 7.00. The molecular weight excluding hydrogens is 330 g/mol. The summed E-state index contributed by atoms with van der Waals surface area (Å²) in [4.78, 5) is 33.3. The van der Waals surface area contributed by atoms with Crippen LogP contribution in [0, 0.1) is 5.92 Å². The van der Waals surface area contributed by atoms with Crippen LogP contribution in [0.2, 0.25) is 0 Å². The molecule has 2 aromatic rings. The lowest BCUT2D eigenvalue weighted by Gasteiger charge is -2.23. The van der Waals surface area contributed by atoms with Gasteiger partial charge in [-0.1, -0.05) is 12.1 Å². The molecule has 1 fully saturated rings. The van der Waals surface area contributed by atoms with Gasteiger partial charge >= 0.3 is 0 Å². The average Bonchev–Trinajstić information content (AvgIpc) is 2.92. The smallest absolute Gasteiger partial charge is 0.258 e. The van der Waals surface area contributed by atoms with E-state index < -0.39 is 15.8 Å². The number of sulfone groups is 1. The molecular formula is C16H19N3O4S. The lowest BCUT2D eigenvalue weighted by atomic mass is 10.1. The molecule has 1 saturated heterocycles. The second kappa shape index (κ2) is 6.35. The SMILES string of the molecule is CCN(Cc1nc2ccccc2c(=O)[nH]1)C(=O)C1CCS(=O)(=O)C1. The van der Waals surface area contributed by atoms with Crippen LogP contribution in [-0.2, 0) is 21.2 Å². The number of hydrogen-bond acceptors (Lipinski definition) is 5. The summed E-state index contributed by atoms with van der Waals surface area (Å²) in [7, 11) is -3.11. The van der Waals surface area contributed by atoms with Gasteiger partial charge in [0.2, 0.25) is 5.91 Å². The van der Waals surface area contributed by atoms with Crippen LogP contribution in [0.1, 0.15) is 19.2 Å². The van der Waals surface area contributed by atoms with Crippen LogP contribution in [0.4, 0.5) is 0 Å². The van der Waals surface area contributed by atoms with Crippen molar-refractivity contribution in [1.82, 2.24) is 14.9 Å². The van der Waals surface area contributed by atoms with Crippen molar-refractivity contribution in [3.63, 3.8) is 0 Å². The van der Waals surface area contributed by atoms with Crippen molar-refractivity contribution in [1.29, 1.82) is 0 Å². The van der Waals surface area contributed by atoms with E-state index in [0.717, 1.165) is 0 Å². The molecule has 1 aromatic carbocycles. The summed E-state index contributed by atoms with van der Waals surface area (Å²) in [6.45, 7) is 2.40. The van der Waals surface area contributed by atoms with Crippen molar-refractivity contribution in [2.45, 2.75) is 19.9 Å².